The molecule has 1 saturated carbocycles. The molecule has 1 spiro atoms. The molecule has 3 rings (SSSR count). The molecule has 1 saturated heterocycles. The van der Waals surface area contributed by atoms with Crippen molar-refractivity contribution in [1.82, 2.24) is 4.90 Å². The monoisotopic (exact) mass is 329 g/mol. The maximum Gasteiger partial charge on any atom is 0.258 e. The van der Waals surface area contributed by atoms with Crippen LogP contribution in [0.3, 0.4) is 0 Å². The number of hydrogen-bond acceptors (Lipinski definition) is 1. The van der Waals surface area contributed by atoms with Crippen molar-refractivity contribution in [1.29, 1.82) is 0 Å². The van der Waals surface area contributed by atoms with E-state index in [0.29, 0.717) is 18.5 Å². The van der Waals surface area contributed by atoms with Crippen LogP contribution in [0.2, 0.25) is 0 Å². The fourth-order valence-electron chi connectivity index (χ4n) is 2.74. The summed E-state index contributed by atoms with van der Waals surface area (Å²) < 4.78 is 27.1. The molecule has 1 aromatic rings. The van der Waals surface area contributed by atoms with Gasteiger partial charge in [-0.3, -0.25) is 4.79 Å². The van der Waals surface area contributed by atoms with Gasteiger partial charge in [-0.15, -0.1) is 0 Å². The number of carbonyl (C=O) groups is 1. The molecular weight excluding hydrogens is 316 g/mol. The van der Waals surface area contributed by atoms with E-state index in [1.165, 1.54) is 12.8 Å². The number of rotatable bonds is 1. The van der Waals surface area contributed by atoms with Gasteiger partial charge in [-0.1, -0.05) is 0 Å². The van der Waals surface area contributed by atoms with Crippen LogP contribution in [0.4, 0.5) is 8.78 Å². The van der Waals surface area contributed by atoms with Crippen molar-refractivity contribution < 1.29 is 13.6 Å². The van der Waals surface area contributed by atoms with Gasteiger partial charge in [-0.2, -0.15) is 0 Å². The molecule has 2 fully saturated rings. The Morgan fingerprint density at radius 1 is 1.11 bits per heavy atom. The summed E-state index contributed by atoms with van der Waals surface area (Å²) in [5.74, 6) is -1.70. The highest BCUT2D eigenvalue weighted by Gasteiger charge is 2.45. The fourth-order valence-corrected chi connectivity index (χ4v) is 3.23. The standard InChI is InChI=1S/C14H14BrF2NO/c15-12-10(17)2-1-9(16)11(12)13(19)18-7-5-14(3-4-14)6-8-18/h1-2H,3-8H2. The first kappa shape index (κ1) is 13.0. The predicted molar refractivity (Wildman–Crippen MR) is 70.9 cm³/mol. The molecule has 0 atom stereocenters. The van der Waals surface area contributed by atoms with Gasteiger partial charge in [0.25, 0.3) is 5.91 Å². The number of benzene rings is 1. The topological polar surface area (TPSA) is 20.3 Å². The number of nitrogens with zero attached hydrogens (tertiary/aromatic N) is 1. The summed E-state index contributed by atoms with van der Waals surface area (Å²) in [5, 5.41) is 0. The summed E-state index contributed by atoms with van der Waals surface area (Å²) in [6, 6.07) is 2.02. The number of piperidine rings is 1. The smallest absolute Gasteiger partial charge is 0.258 e. The zero-order chi connectivity index (χ0) is 13.6. The fraction of sp³-hybridized carbons (Fsp3) is 0.500. The first-order valence-corrected chi connectivity index (χ1v) is 7.25. The molecule has 0 radical (unpaired) electrons. The van der Waals surface area contributed by atoms with Gasteiger partial charge in [0, 0.05) is 13.1 Å². The molecule has 1 aliphatic carbocycles. The van der Waals surface area contributed by atoms with Crippen LogP contribution in [0.25, 0.3) is 0 Å². The molecule has 2 aliphatic rings. The molecule has 5 heteroatoms. The minimum absolute atomic E-state index is 0.0794. The van der Waals surface area contributed by atoms with Crippen molar-refractivity contribution in [2.75, 3.05) is 13.1 Å². The van der Waals surface area contributed by atoms with Crippen molar-refractivity contribution in [3.63, 3.8) is 0 Å². The molecule has 0 bridgehead atoms. The molecule has 19 heavy (non-hydrogen) atoms. The van der Waals surface area contributed by atoms with Crippen LogP contribution in [-0.2, 0) is 0 Å². The lowest BCUT2D eigenvalue weighted by molar-refractivity contribution is 0.0672. The van der Waals surface area contributed by atoms with Gasteiger partial charge in [-0.25, -0.2) is 8.78 Å². The van der Waals surface area contributed by atoms with Gasteiger partial charge < -0.3 is 4.90 Å². The van der Waals surface area contributed by atoms with Gasteiger partial charge in [-0.05, 0) is 59.2 Å². The number of halogens is 3. The third kappa shape index (κ3) is 2.29. The largest absolute Gasteiger partial charge is 0.338 e. The molecule has 1 amide bonds. The Labute approximate surface area is 118 Å². The Kier molecular flexibility index (Phi) is 3.12. The minimum Gasteiger partial charge on any atom is -0.338 e. The quantitative estimate of drug-likeness (QED) is 0.719. The molecule has 1 aliphatic heterocycles. The van der Waals surface area contributed by atoms with E-state index in [1.807, 2.05) is 0 Å². The highest BCUT2D eigenvalue weighted by atomic mass is 79.9. The molecule has 2 nitrogen and oxygen atoms in total. The Hall–Kier alpha value is -0.970. The molecular formula is C14H14BrF2NO. The molecule has 0 aromatic heterocycles. The van der Waals surface area contributed by atoms with E-state index in [1.54, 1.807) is 4.90 Å². The minimum atomic E-state index is -0.676. The van der Waals surface area contributed by atoms with E-state index in [0.717, 1.165) is 25.0 Å². The number of carbonyl (C=O) groups excluding carboxylic acids is 1. The lowest BCUT2D eigenvalue weighted by Gasteiger charge is -2.32. The van der Waals surface area contributed by atoms with Gasteiger partial charge in [0.2, 0.25) is 0 Å². The average Bonchev–Trinajstić information content (AvgIpc) is 3.15. The second-order valence-electron chi connectivity index (χ2n) is 5.51. The van der Waals surface area contributed by atoms with Crippen LogP contribution in [-0.4, -0.2) is 23.9 Å². The summed E-state index contributed by atoms with van der Waals surface area (Å²) in [5.41, 5.74) is 0.265. The normalized spacial score (nSPS) is 20.7. The number of hydrogen-bond donors (Lipinski definition) is 0. The summed E-state index contributed by atoms with van der Waals surface area (Å²) in [7, 11) is 0. The summed E-state index contributed by atoms with van der Waals surface area (Å²) in [4.78, 5) is 13.9. The number of amides is 1. The van der Waals surface area contributed by atoms with Crippen LogP contribution in [0, 0.1) is 17.0 Å². The van der Waals surface area contributed by atoms with Crippen LogP contribution in [0.15, 0.2) is 16.6 Å². The van der Waals surface area contributed by atoms with Crippen molar-refractivity contribution in [3.05, 3.63) is 33.8 Å². The van der Waals surface area contributed by atoms with Crippen LogP contribution in [0.1, 0.15) is 36.0 Å². The lowest BCUT2D eigenvalue weighted by Crippen LogP contribution is -2.39. The summed E-state index contributed by atoms with van der Waals surface area (Å²) in [6.07, 6.45) is 4.45. The molecule has 0 N–H and O–H groups in total. The van der Waals surface area contributed by atoms with E-state index in [4.69, 9.17) is 0 Å². The molecule has 1 heterocycles. The van der Waals surface area contributed by atoms with Gasteiger partial charge >= 0.3 is 0 Å². The van der Waals surface area contributed by atoms with Gasteiger partial charge in [0.05, 0.1) is 10.0 Å². The Morgan fingerprint density at radius 3 is 2.26 bits per heavy atom. The first-order chi connectivity index (χ1) is 9.02. The number of likely N-dealkylation sites (tertiary alicyclic amines) is 1. The maximum atomic E-state index is 13.8. The first-order valence-electron chi connectivity index (χ1n) is 6.45. The third-order valence-electron chi connectivity index (χ3n) is 4.33. The Bertz CT molecular complexity index is 532. The van der Waals surface area contributed by atoms with Crippen molar-refractivity contribution in [3.8, 4) is 0 Å². The van der Waals surface area contributed by atoms with Gasteiger partial charge in [0.15, 0.2) is 0 Å². The van der Waals surface area contributed by atoms with E-state index in [2.05, 4.69) is 15.9 Å². The van der Waals surface area contributed by atoms with Crippen molar-refractivity contribution in [2.24, 2.45) is 5.41 Å². The second kappa shape index (κ2) is 4.54. The summed E-state index contributed by atoms with van der Waals surface area (Å²) in [6.45, 7) is 1.28. The van der Waals surface area contributed by atoms with E-state index < -0.39 is 17.5 Å². The maximum absolute atomic E-state index is 13.8. The van der Waals surface area contributed by atoms with E-state index in [9.17, 15) is 13.6 Å². The Balaban J connectivity index is 1.82. The van der Waals surface area contributed by atoms with Gasteiger partial charge in [0.1, 0.15) is 11.6 Å². The average molecular weight is 330 g/mol. The van der Waals surface area contributed by atoms with Crippen LogP contribution < -0.4 is 0 Å². The zero-order valence-corrected chi connectivity index (χ0v) is 12.0. The molecule has 1 aromatic carbocycles. The molecule has 102 valence electrons. The third-order valence-corrected chi connectivity index (χ3v) is 5.10. The molecule has 0 unspecified atom stereocenters. The van der Waals surface area contributed by atoms with Crippen LogP contribution in [0.5, 0.6) is 0 Å². The zero-order valence-electron chi connectivity index (χ0n) is 10.4. The second-order valence-corrected chi connectivity index (χ2v) is 6.30. The van der Waals surface area contributed by atoms with Crippen molar-refractivity contribution in [2.45, 2.75) is 25.7 Å². The van der Waals surface area contributed by atoms with E-state index >= 15 is 0 Å². The lowest BCUT2D eigenvalue weighted by atomic mass is 9.93. The van der Waals surface area contributed by atoms with E-state index in [-0.39, 0.29) is 10.0 Å². The SMILES string of the molecule is O=C(c1c(F)ccc(F)c1Br)N1CCC2(CC1)CC2. The highest BCUT2D eigenvalue weighted by molar-refractivity contribution is 9.10. The van der Waals surface area contributed by atoms with Crippen LogP contribution >= 0.6 is 15.9 Å². The van der Waals surface area contributed by atoms with Crippen molar-refractivity contribution >= 4 is 21.8 Å². The highest BCUT2D eigenvalue weighted by Crippen LogP contribution is 2.53. The summed E-state index contributed by atoms with van der Waals surface area (Å²) >= 11 is 2.97. The Morgan fingerprint density at radius 2 is 1.68 bits per heavy atom. The predicted octanol–water partition coefficient (Wildman–Crippen LogP) is 3.74.